The summed E-state index contributed by atoms with van der Waals surface area (Å²) in [6.07, 6.45) is 1.33. The van der Waals surface area contributed by atoms with E-state index in [0.717, 1.165) is 24.8 Å². The molecular formula is C17H21NO. The highest BCUT2D eigenvalue weighted by molar-refractivity contribution is 5.83. The highest BCUT2D eigenvalue weighted by Crippen LogP contribution is 2.21. The summed E-state index contributed by atoms with van der Waals surface area (Å²) in [6, 6.07) is 14.7. The second-order valence-corrected chi connectivity index (χ2v) is 5.55. The van der Waals surface area contributed by atoms with Crippen LogP contribution in [0.3, 0.4) is 0 Å². The van der Waals surface area contributed by atoms with E-state index in [-0.39, 0.29) is 0 Å². The third-order valence-corrected chi connectivity index (χ3v) is 3.91. The molecule has 2 heteroatoms. The highest BCUT2D eigenvalue weighted by Gasteiger charge is 2.17. The zero-order chi connectivity index (χ0) is 13.1. The Bertz CT molecular complexity index is 552. The zero-order valence-corrected chi connectivity index (χ0v) is 11.5. The summed E-state index contributed by atoms with van der Waals surface area (Å²) in [5.74, 6) is 1.83. The Morgan fingerprint density at radius 3 is 2.79 bits per heavy atom. The minimum Gasteiger partial charge on any atom is -0.492 e. The predicted octanol–water partition coefficient (Wildman–Crippen LogP) is 3.56. The lowest BCUT2D eigenvalue weighted by Crippen LogP contribution is -2.25. The molecule has 2 aromatic carbocycles. The number of ether oxygens (including phenoxy) is 1. The normalized spacial score (nSPS) is 19.9. The molecule has 1 atom stereocenters. The van der Waals surface area contributed by atoms with E-state index in [1.807, 2.05) is 0 Å². The monoisotopic (exact) mass is 255 g/mol. The quantitative estimate of drug-likeness (QED) is 0.828. The van der Waals surface area contributed by atoms with Crippen LogP contribution in [0.15, 0.2) is 42.5 Å². The average molecular weight is 255 g/mol. The molecule has 1 saturated heterocycles. The molecule has 0 aliphatic carbocycles. The van der Waals surface area contributed by atoms with Crippen molar-refractivity contribution in [2.75, 3.05) is 26.2 Å². The van der Waals surface area contributed by atoms with Crippen LogP contribution in [0, 0.1) is 5.92 Å². The molecule has 0 bridgehead atoms. The van der Waals surface area contributed by atoms with E-state index in [0.29, 0.717) is 0 Å². The summed E-state index contributed by atoms with van der Waals surface area (Å²) in [5, 5.41) is 2.51. The fraction of sp³-hybridized carbons (Fsp3) is 0.412. The van der Waals surface area contributed by atoms with Gasteiger partial charge in [-0.05, 0) is 41.8 Å². The molecule has 0 radical (unpaired) electrons. The second kappa shape index (κ2) is 5.62. The lowest BCUT2D eigenvalue weighted by Gasteiger charge is -2.15. The standard InChI is InChI=1S/C17H21NO/c1-14-8-9-18(13-14)10-11-19-17-7-6-15-4-2-3-5-16(15)12-17/h2-7,12,14H,8-11,13H2,1H3. The molecule has 0 aromatic heterocycles. The van der Waals surface area contributed by atoms with E-state index in [1.54, 1.807) is 0 Å². The summed E-state index contributed by atoms with van der Waals surface area (Å²) >= 11 is 0. The lowest BCUT2D eigenvalue weighted by atomic mass is 10.1. The number of hydrogen-bond donors (Lipinski definition) is 0. The van der Waals surface area contributed by atoms with Gasteiger partial charge in [0.25, 0.3) is 0 Å². The van der Waals surface area contributed by atoms with Gasteiger partial charge < -0.3 is 4.74 Å². The van der Waals surface area contributed by atoms with E-state index < -0.39 is 0 Å². The van der Waals surface area contributed by atoms with Crippen LogP contribution in [-0.4, -0.2) is 31.1 Å². The van der Waals surface area contributed by atoms with Crippen molar-refractivity contribution in [3.05, 3.63) is 42.5 Å². The zero-order valence-electron chi connectivity index (χ0n) is 11.5. The van der Waals surface area contributed by atoms with E-state index in [2.05, 4.69) is 54.3 Å². The number of hydrogen-bond acceptors (Lipinski definition) is 2. The molecule has 1 aliphatic rings. The molecule has 1 aliphatic heterocycles. The Morgan fingerprint density at radius 1 is 1.16 bits per heavy atom. The van der Waals surface area contributed by atoms with Gasteiger partial charge in [-0.25, -0.2) is 0 Å². The van der Waals surface area contributed by atoms with Crippen LogP contribution in [-0.2, 0) is 0 Å². The maximum absolute atomic E-state index is 5.87. The first-order valence-corrected chi connectivity index (χ1v) is 7.15. The van der Waals surface area contributed by atoms with Gasteiger partial charge in [0.1, 0.15) is 12.4 Å². The summed E-state index contributed by atoms with van der Waals surface area (Å²) in [6.45, 7) is 6.59. The first kappa shape index (κ1) is 12.5. The molecule has 0 saturated carbocycles. The van der Waals surface area contributed by atoms with Crippen LogP contribution in [0.1, 0.15) is 13.3 Å². The predicted molar refractivity (Wildman–Crippen MR) is 79.7 cm³/mol. The maximum Gasteiger partial charge on any atom is 0.120 e. The van der Waals surface area contributed by atoms with Crippen molar-refractivity contribution in [2.24, 2.45) is 5.92 Å². The molecule has 1 fully saturated rings. The summed E-state index contributed by atoms with van der Waals surface area (Å²) < 4.78 is 5.87. The van der Waals surface area contributed by atoms with Gasteiger partial charge >= 0.3 is 0 Å². The fourth-order valence-electron chi connectivity index (χ4n) is 2.78. The van der Waals surface area contributed by atoms with E-state index >= 15 is 0 Å². The molecule has 2 aromatic rings. The van der Waals surface area contributed by atoms with Gasteiger partial charge in [-0.15, -0.1) is 0 Å². The Labute approximate surface area is 115 Å². The number of likely N-dealkylation sites (tertiary alicyclic amines) is 1. The van der Waals surface area contributed by atoms with Crippen molar-refractivity contribution in [1.29, 1.82) is 0 Å². The number of fused-ring (bicyclic) bond motifs is 1. The van der Waals surface area contributed by atoms with E-state index in [9.17, 15) is 0 Å². The van der Waals surface area contributed by atoms with Gasteiger partial charge in [0.2, 0.25) is 0 Å². The molecule has 1 heterocycles. The number of benzene rings is 2. The molecule has 3 rings (SSSR count). The molecule has 0 amide bonds. The Morgan fingerprint density at radius 2 is 2.00 bits per heavy atom. The fourth-order valence-corrected chi connectivity index (χ4v) is 2.78. The molecule has 1 unspecified atom stereocenters. The smallest absolute Gasteiger partial charge is 0.120 e. The summed E-state index contributed by atoms with van der Waals surface area (Å²) in [4.78, 5) is 2.49. The number of rotatable bonds is 4. The van der Waals surface area contributed by atoms with Crippen LogP contribution >= 0.6 is 0 Å². The van der Waals surface area contributed by atoms with Crippen LogP contribution in [0.5, 0.6) is 5.75 Å². The molecule has 0 spiro atoms. The van der Waals surface area contributed by atoms with Crippen molar-refractivity contribution in [1.82, 2.24) is 4.90 Å². The third kappa shape index (κ3) is 3.07. The van der Waals surface area contributed by atoms with Crippen molar-refractivity contribution >= 4 is 10.8 Å². The summed E-state index contributed by atoms with van der Waals surface area (Å²) in [5.41, 5.74) is 0. The minimum atomic E-state index is 0.783. The molecule has 100 valence electrons. The summed E-state index contributed by atoms with van der Waals surface area (Å²) in [7, 11) is 0. The van der Waals surface area contributed by atoms with Crippen molar-refractivity contribution in [3.63, 3.8) is 0 Å². The molecule has 2 nitrogen and oxygen atoms in total. The molecule has 19 heavy (non-hydrogen) atoms. The largest absolute Gasteiger partial charge is 0.492 e. The highest BCUT2D eigenvalue weighted by atomic mass is 16.5. The first-order chi connectivity index (χ1) is 9.31. The lowest BCUT2D eigenvalue weighted by molar-refractivity contribution is 0.234. The Kier molecular flexibility index (Phi) is 3.69. The van der Waals surface area contributed by atoms with Gasteiger partial charge in [0.15, 0.2) is 0 Å². The van der Waals surface area contributed by atoms with Gasteiger partial charge in [-0.2, -0.15) is 0 Å². The van der Waals surface area contributed by atoms with E-state index in [1.165, 1.54) is 30.3 Å². The maximum atomic E-state index is 5.87. The van der Waals surface area contributed by atoms with Gasteiger partial charge in [-0.1, -0.05) is 37.3 Å². The Hall–Kier alpha value is -1.54. The van der Waals surface area contributed by atoms with Crippen LogP contribution in [0.4, 0.5) is 0 Å². The van der Waals surface area contributed by atoms with Gasteiger partial charge in [0.05, 0.1) is 0 Å². The Balaban J connectivity index is 1.56. The van der Waals surface area contributed by atoms with Crippen LogP contribution in [0.25, 0.3) is 10.8 Å². The van der Waals surface area contributed by atoms with Gasteiger partial charge in [-0.3, -0.25) is 4.90 Å². The van der Waals surface area contributed by atoms with Crippen molar-refractivity contribution in [2.45, 2.75) is 13.3 Å². The first-order valence-electron chi connectivity index (χ1n) is 7.15. The van der Waals surface area contributed by atoms with Crippen LogP contribution < -0.4 is 4.74 Å². The average Bonchev–Trinajstić information content (AvgIpc) is 2.84. The van der Waals surface area contributed by atoms with E-state index in [4.69, 9.17) is 4.74 Å². The third-order valence-electron chi connectivity index (χ3n) is 3.91. The van der Waals surface area contributed by atoms with Crippen molar-refractivity contribution in [3.8, 4) is 5.75 Å². The van der Waals surface area contributed by atoms with Gasteiger partial charge in [0, 0.05) is 13.1 Å². The SMILES string of the molecule is CC1CCN(CCOc2ccc3ccccc3c2)C1. The molecule has 0 N–H and O–H groups in total. The number of nitrogens with zero attached hydrogens (tertiary/aromatic N) is 1. The molecular weight excluding hydrogens is 234 g/mol. The topological polar surface area (TPSA) is 12.5 Å². The minimum absolute atomic E-state index is 0.783. The van der Waals surface area contributed by atoms with Crippen LogP contribution in [0.2, 0.25) is 0 Å². The second-order valence-electron chi connectivity index (χ2n) is 5.55. The van der Waals surface area contributed by atoms with Crippen molar-refractivity contribution < 1.29 is 4.74 Å².